The Kier molecular flexibility index (Phi) is 6.94. The van der Waals surface area contributed by atoms with E-state index in [4.69, 9.17) is 19.3 Å². The molecule has 26 heavy (non-hydrogen) atoms. The van der Waals surface area contributed by atoms with Crippen molar-refractivity contribution in [3.63, 3.8) is 0 Å². The normalized spacial score (nSPS) is 27.3. The maximum atomic E-state index is 9.04. The van der Waals surface area contributed by atoms with Crippen molar-refractivity contribution in [1.29, 1.82) is 0 Å². The zero-order chi connectivity index (χ0) is 18.2. The van der Waals surface area contributed by atoms with Crippen LogP contribution in [0.1, 0.15) is 39.0 Å². The molecule has 1 aliphatic carbocycles. The molecule has 0 bridgehead atoms. The third-order valence-electron chi connectivity index (χ3n) is 5.64. The first-order valence-corrected chi connectivity index (χ1v) is 9.73. The second kappa shape index (κ2) is 9.40. The highest BCUT2D eigenvalue weighted by Gasteiger charge is 2.39. The molecule has 0 aromatic rings. The standard InChI is InChI=1S/C21H31NO4/c1-2-21(17-25-12-11-23)9-6-10-22(16-21)20(18-7-4-3-5-8-18)19-15-24-13-14-26-19/h3-4,7,13-15,20,23H,2,5-6,8-12,16-17H2,1H3. The molecule has 0 spiro atoms. The van der Waals surface area contributed by atoms with Crippen LogP contribution >= 0.6 is 0 Å². The van der Waals surface area contributed by atoms with E-state index in [2.05, 4.69) is 30.1 Å². The zero-order valence-corrected chi connectivity index (χ0v) is 15.7. The van der Waals surface area contributed by atoms with Crippen molar-refractivity contribution < 1.29 is 19.3 Å². The molecule has 2 heterocycles. The van der Waals surface area contributed by atoms with Crippen molar-refractivity contribution in [3.8, 4) is 0 Å². The Morgan fingerprint density at radius 2 is 2.31 bits per heavy atom. The molecule has 0 saturated carbocycles. The first kappa shape index (κ1) is 19.2. The maximum absolute atomic E-state index is 9.04. The lowest BCUT2D eigenvalue weighted by molar-refractivity contribution is -0.0273. The van der Waals surface area contributed by atoms with E-state index in [0.29, 0.717) is 13.2 Å². The Morgan fingerprint density at radius 1 is 1.38 bits per heavy atom. The van der Waals surface area contributed by atoms with Crippen molar-refractivity contribution in [3.05, 3.63) is 48.3 Å². The van der Waals surface area contributed by atoms with Gasteiger partial charge in [-0.1, -0.05) is 25.2 Å². The molecule has 3 aliphatic rings. The number of aliphatic hydroxyl groups is 1. The van der Waals surface area contributed by atoms with Crippen LogP contribution in [-0.2, 0) is 14.2 Å². The molecule has 1 saturated heterocycles. The molecule has 2 aliphatic heterocycles. The fourth-order valence-corrected chi connectivity index (χ4v) is 4.18. The summed E-state index contributed by atoms with van der Waals surface area (Å²) in [6, 6.07) is 0.106. The average molecular weight is 361 g/mol. The molecule has 0 radical (unpaired) electrons. The van der Waals surface area contributed by atoms with Gasteiger partial charge in [-0.15, -0.1) is 0 Å². The Morgan fingerprint density at radius 3 is 3.00 bits per heavy atom. The van der Waals surface area contributed by atoms with E-state index < -0.39 is 0 Å². The number of aliphatic hydroxyl groups excluding tert-OH is 1. The Labute approximate surface area is 156 Å². The molecule has 5 nitrogen and oxygen atoms in total. The van der Waals surface area contributed by atoms with Gasteiger partial charge in [0.25, 0.3) is 0 Å². The molecular weight excluding hydrogens is 330 g/mol. The van der Waals surface area contributed by atoms with E-state index in [1.54, 1.807) is 18.8 Å². The summed E-state index contributed by atoms with van der Waals surface area (Å²) in [5.74, 6) is 0.859. The lowest BCUT2D eigenvalue weighted by Gasteiger charge is -2.46. The predicted octanol–water partition coefficient (Wildman–Crippen LogP) is 3.49. The number of hydrogen-bond donors (Lipinski definition) is 1. The van der Waals surface area contributed by atoms with Crippen molar-refractivity contribution in [2.24, 2.45) is 5.41 Å². The SMILES string of the molecule is CCC1(COCCO)CCCN(C(C2=CC=CCC2)C2=COC=CO2)C1. The lowest BCUT2D eigenvalue weighted by atomic mass is 9.77. The van der Waals surface area contributed by atoms with Gasteiger partial charge < -0.3 is 19.3 Å². The van der Waals surface area contributed by atoms with Crippen molar-refractivity contribution in [1.82, 2.24) is 4.90 Å². The van der Waals surface area contributed by atoms with E-state index in [1.165, 1.54) is 5.57 Å². The number of likely N-dealkylation sites (tertiary alicyclic amines) is 1. The number of ether oxygens (including phenoxy) is 3. The summed E-state index contributed by atoms with van der Waals surface area (Å²) in [5, 5.41) is 9.04. The van der Waals surface area contributed by atoms with E-state index in [1.807, 2.05) is 0 Å². The Balaban J connectivity index is 1.79. The second-order valence-corrected chi connectivity index (χ2v) is 7.36. The van der Waals surface area contributed by atoms with E-state index in [0.717, 1.165) is 51.0 Å². The first-order valence-electron chi connectivity index (χ1n) is 9.73. The largest absolute Gasteiger partial charge is 0.466 e. The summed E-state index contributed by atoms with van der Waals surface area (Å²) < 4.78 is 17.0. The van der Waals surface area contributed by atoms with Gasteiger partial charge in [0.05, 0.1) is 25.9 Å². The van der Waals surface area contributed by atoms with Crippen LogP contribution in [0.3, 0.4) is 0 Å². The quantitative estimate of drug-likeness (QED) is 0.671. The lowest BCUT2D eigenvalue weighted by Crippen LogP contribution is -2.51. The van der Waals surface area contributed by atoms with Crippen LogP contribution in [0.5, 0.6) is 0 Å². The zero-order valence-electron chi connectivity index (χ0n) is 15.7. The third-order valence-corrected chi connectivity index (χ3v) is 5.64. The van der Waals surface area contributed by atoms with Gasteiger partial charge in [0.15, 0.2) is 5.76 Å². The van der Waals surface area contributed by atoms with Gasteiger partial charge in [-0.05, 0) is 44.2 Å². The number of allylic oxidation sites excluding steroid dienone is 3. The molecule has 0 amide bonds. The number of rotatable bonds is 8. The molecule has 2 atom stereocenters. The summed E-state index contributed by atoms with van der Waals surface area (Å²) in [6.45, 7) is 5.43. The summed E-state index contributed by atoms with van der Waals surface area (Å²) in [6.07, 6.45) is 17.0. The van der Waals surface area contributed by atoms with Crippen LogP contribution in [-0.4, -0.2) is 49.0 Å². The van der Waals surface area contributed by atoms with Gasteiger partial charge >= 0.3 is 0 Å². The van der Waals surface area contributed by atoms with Gasteiger partial charge in [0, 0.05) is 12.0 Å². The van der Waals surface area contributed by atoms with Gasteiger partial charge in [-0.2, -0.15) is 0 Å². The fourth-order valence-electron chi connectivity index (χ4n) is 4.18. The minimum absolute atomic E-state index is 0.0791. The molecule has 0 aromatic carbocycles. The molecule has 2 unspecified atom stereocenters. The molecular formula is C21H31NO4. The predicted molar refractivity (Wildman–Crippen MR) is 101 cm³/mol. The van der Waals surface area contributed by atoms with Crippen LogP contribution in [0.2, 0.25) is 0 Å². The average Bonchev–Trinajstić information content (AvgIpc) is 2.70. The van der Waals surface area contributed by atoms with E-state index in [9.17, 15) is 0 Å². The third kappa shape index (κ3) is 4.58. The van der Waals surface area contributed by atoms with Crippen molar-refractivity contribution in [2.75, 3.05) is 32.9 Å². The smallest absolute Gasteiger partial charge is 0.160 e. The van der Waals surface area contributed by atoms with Gasteiger partial charge in [-0.3, -0.25) is 4.90 Å². The highest BCUT2D eigenvalue weighted by Crippen LogP contribution is 2.38. The monoisotopic (exact) mass is 361 g/mol. The molecule has 3 rings (SSSR count). The highest BCUT2D eigenvalue weighted by atomic mass is 16.5. The Hall–Kier alpha value is -1.56. The summed E-state index contributed by atoms with van der Waals surface area (Å²) >= 11 is 0. The minimum Gasteiger partial charge on any atom is -0.466 e. The second-order valence-electron chi connectivity index (χ2n) is 7.36. The fraction of sp³-hybridized carbons (Fsp3) is 0.619. The molecule has 144 valence electrons. The summed E-state index contributed by atoms with van der Waals surface area (Å²) in [5.41, 5.74) is 1.50. The molecule has 1 fully saturated rings. The molecule has 5 heteroatoms. The van der Waals surface area contributed by atoms with Gasteiger partial charge in [0.1, 0.15) is 18.8 Å². The minimum atomic E-state index is 0.0791. The van der Waals surface area contributed by atoms with Crippen molar-refractivity contribution >= 4 is 0 Å². The number of hydrogen-bond acceptors (Lipinski definition) is 5. The molecule has 0 aromatic heterocycles. The summed E-state index contributed by atoms with van der Waals surface area (Å²) in [7, 11) is 0. The maximum Gasteiger partial charge on any atom is 0.160 e. The molecule has 1 N–H and O–H groups in total. The van der Waals surface area contributed by atoms with Crippen molar-refractivity contribution in [2.45, 2.75) is 45.1 Å². The van der Waals surface area contributed by atoms with Crippen LogP contribution in [0.4, 0.5) is 0 Å². The van der Waals surface area contributed by atoms with Gasteiger partial charge in [0.2, 0.25) is 0 Å². The highest BCUT2D eigenvalue weighted by molar-refractivity contribution is 5.30. The topological polar surface area (TPSA) is 51.2 Å². The first-order chi connectivity index (χ1) is 12.8. The van der Waals surface area contributed by atoms with Crippen LogP contribution < -0.4 is 0 Å². The van der Waals surface area contributed by atoms with E-state index >= 15 is 0 Å². The van der Waals surface area contributed by atoms with Crippen LogP contribution in [0, 0.1) is 5.41 Å². The van der Waals surface area contributed by atoms with Crippen LogP contribution in [0.25, 0.3) is 0 Å². The van der Waals surface area contributed by atoms with Gasteiger partial charge in [-0.25, -0.2) is 0 Å². The number of nitrogens with zero attached hydrogens (tertiary/aromatic N) is 1. The Bertz CT molecular complexity index is 581. The van der Waals surface area contributed by atoms with Crippen LogP contribution in [0.15, 0.2) is 48.3 Å². The summed E-state index contributed by atoms with van der Waals surface area (Å²) in [4.78, 5) is 2.52. The van der Waals surface area contributed by atoms with E-state index in [-0.39, 0.29) is 18.1 Å². The number of piperidine rings is 1.